The van der Waals surface area contributed by atoms with Crippen molar-refractivity contribution in [1.82, 2.24) is 10.2 Å². The molecule has 1 amide bonds. The summed E-state index contributed by atoms with van der Waals surface area (Å²) in [6, 6.07) is 7.52. The average molecular weight is 355 g/mol. The Balaban J connectivity index is 2.54. The van der Waals surface area contributed by atoms with E-state index in [1.165, 1.54) is 6.92 Å². The summed E-state index contributed by atoms with van der Waals surface area (Å²) in [5.74, 6) is -0.0368. The number of ketones is 1. The SMILES string of the molecule is CC(=O)C(NC(=O)CN(C)Cc1ccccc1Br)C(C)C. The number of benzene rings is 1. The van der Waals surface area contributed by atoms with E-state index in [1.54, 1.807) is 0 Å². The van der Waals surface area contributed by atoms with Gasteiger partial charge in [0.05, 0.1) is 12.6 Å². The monoisotopic (exact) mass is 354 g/mol. The molecule has 0 bridgehead atoms. The Kier molecular flexibility index (Phi) is 7.05. The maximum atomic E-state index is 12.0. The van der Waals surface area contributed by atoms with Crippen molar-refractivity contribution in [3.63, 3.8) is 0 Å². The van der Waals surface area contributed by atoms with Crippen LogP contribution in [0.25, 0.3) is 0 Å². The van der Waals surface area contributed by atoms with Gasteiger partial charge in [-0.3, -0.25) is 14.5 Å². The number of hydrogen-bond acceptors (Lipinski definition) is 3. The van der Waals surface area contributed by atoms with Crippen molar-refractivity contribution >= 4 is 27.6 Å². The van der Waals surface area contributed by atoms with Gasteiger partial charge in [-0.1, -0.05) is 48.0 Å². The third kappa shape index (κ3) is 5.98. The second-order valence-electron chi connectivity index (χ2n) is 5.66. The van der Waals surface area contributed by atoms with Crippen LogP contribution >= 0.6 is 15.9 Å². The molecule has 4 nitrogen and oxygen atoms in total. The summed E-state index contributed by atoms with van der Waals surface area (Å²) in [5.41, 5.74) is 1.12. The molecule has 5 heteroatoms. The lowest BCUT2D eigenvalue weighted by atomic mass is 10.0. The zero-order chi connectivity index (χ0) is 16.0. The van der Waals surface area contributed by atoms with Crippen molar-refractivity contribution in [1.29, 1.82) is 0 Å². The molecular formula is C16H23BrN2O2. The van der Waals surface area contributed by atoms with Gasteiger partial charge in [0.2, 0.25) is 5.91 Å². The molecule has 116 valence electrons. The van der Waals surface area contributed by atoms with Crippen LogP contribution in [0.2, 0.25) is 0 Å². The van der Waals surface area contributed by atoms with Gasteiger partial charge >= 0.3 is 0 Å². The molecule has 21 heavy (non-hydrogen) atoms. The molecule has 0 aliphatic heterocycles. The third-order valence-electron chi connectivity index (χ3n) is 3.23. The van der Waals surface area contributed by atoms with Crippen LogP contribution in [0.4, 0.5) is 0 Å². The number of likely N-dealkylation sites (N-methyl/N-ethyl adjacent to an activating group) is 1. The Hall–Kier alpha value is -1.20. The molecule has 0 spiro atoms. The first-order valence-electron chi connectivity index (χ1n) is 7.03. The van der Waals surface area contributed by atoms with Crippen LogP contribution < -0.4 is 5.32 Å². The van der Waals surface area contributed by atoms with E-state index in [-0.39, 0.29) is 24.2 Å². The maximum absolute atomic E-state index is 12.0. The largest absolute Gasteiger partial charge is 0.345 e. The van der Waals surface area contributed by atoms with Gasteiger partial charge in [-0.2, -0.15) is 0 Å². The molecule has 0 aromatic heterocycles. The molecule has 0 aliphatic rings. The fourth-order valence-electron chi connectivity index (χ4n) is 2.18. The normalized spacial score (nSPS) is 12.5. The van der Waals surface area contributed by atoms with Gasteiger partial charge in [-0.15, -0.1) is 0 Å². The van der Waals surface area contributed by atoms with Crippen LogP contribution in [0.3, 0.4) is 0 Å². The van der Waals surface area contributed by atoms with E-state index >= 15 is 0 Å². The predicted molar refractivity (Wildman–Crippen MR) is 87.9 cm³/mol. The number of amides is 1. The Morgan fingerprint density at radius 3 is 2.43 bits per heavy atom. The lowest BCUT2D eigenvalue weighted by Gasteiger charge is -2.22. The van der Waals surface area contributed by atoms with Crippen LogP contribution in [0.5, 0.6) is 0 Å². The second kappa shape index (κ2) is 8.29. The van der Waals surface area contributed by atoms with Crippen LogP contribution in [0.15, 0.2) is 28.7 Å². The number of Topliss-reactive ketones (excluding diaryl/α,β-unsaturated/α-hetero) is 1. The quantitative estimate of drug-likeness (QED) is 0.818. The van der Waals surface area contributed by atoms with Crippen molar-refractivity contribution in [2.24, 2.45) is 5.92 Å². The molecule has 1 rings (SSSR count). The zero-order valence-corrected chi connectivity index (χ0v) is 14.6. The standard InChI is InChI=1S/C16H23BrN2O2/c1-11(2)16(12(3)20)18-15(21)10-19(4)9-13-7-5-6-8-14(13)17/h5-8,11,16H,9-10H2,1-4H3,(H,18,21). The highest BCUT2D eigenvalue weighted by Gasteiger charge is 2.21. The molecule has 0 saturated heterocycles. The molecular weight excluding hydrogens is 332 g/mol. The van der Waals surface area contributed by atoms with Gasteiger partial charge in [0.1, 0.15) is 0 Å². The lowest BCUT2D eigenvalue weighted by Crippen LogP contribution is -2.46. The predicted octanol–water partition coefficient (Wildman–Crippen LogP) is 2.61. The summed E-state index contributed by atoms with van der Waals surface area (Å²) < 4.78 is 1.03. The van der Waals surface area contributed by atoms with Crippen molar-refractivity contribution < 1.29 is 9.59 Å². The molecule has 1 aromatic carbocycles. The summed E-state index contributed by atoms with van der Waals surface area (Å²) in [6.07, 6.45) is 0. The van der Waals surface area contributed by atoms with E-state index in [0.29, 0.717) is 6.54 Å². The molecule has 1 unspecified atom stereocenters. The molecule has 0 radical (unpaired) electrons. The van der Waals surface area contributed by atoms with E-state index in [4.69, 9.17) is 0 Å². The first-order valence-corrected chi connectivity index (χ1v) is 7.82. The molecule has 1 atom stereocenters. The molecule has 0 heterocycles. The number of nitrogens with one attached hydrogen (secondary N) is 1. The van der Waals surface area contributed by atoms with Gasteiger partial charge in [0.25, 0.3) is 0 Å². The Bertz CT molecular complexity index is 503. The van der Waals surface area contributed by atoms with Crippen molar-refractivity contribution in [2.45, 2.75) is 33.4 Å². The summed E-state index contributed by atoms with van der Waals surface area (Å²) in [4.78, 5) is 25.5. The van der Waals surface area contributed by atoms with Crippen LogP contribution in [-0.2, 0) is 16.1 Å². The van der Waals surface area contributed by atoms with E-state index in [0.717, 1.165) is 10.0 Å². The maximum Gasteiger partial charge on any atom is 0.234 e. The number of carbonyl (C=O) groups is 2. The lowest BCUT2D eigenvalue weighted by molar-refractivity contribution is -0.128. The summed E-state index contributed by atoms with van der Waals surface area (Å²) in [6.45, 7) is 6.29. The molecule has 1 aromatic rings. The van der Waals surface area contributed by atoms with Crippen LogP contribution in [-0.4, -0.2) is 36.2 Å². The number of hydrogen-bond donors (Lipinski definition) is 1. The van der Waals surface area contributed by atoms with Crippen molar-refractivity contribution in [2.75, 3.05) is 13.6 Å². The van der Waals surface area contributed by atoms with E-state index in [2.05, 4.69) is 21.2 Å². The van der Waals surface area contributed by atoms with Crippen molar-refractivity contribution in [3.05, 3.63) is 34.3 Å². The molecule has 0 saturated carbocycles. The van der Waals surface area contributed by atoms with Crippen LogP contribution in [0, 0.1) is 5.92 Å². The first-order chi connectivity index (χ1) is 9.81. The summed E-state index contributed by atoms with van der Waals surface area (Å²) in [5, 5.41) is 2.81. The zero-order valence-electron chi connectivity index (χ0n) is 13.0. The van der Waals surface area contributed by atoms with E-state index < -0.39 is 6.04 Å². The molecule has 0 aliphatic carbocycles. The van der Waals surface area contributed by atoms with E-state index in [1.807, 2.05) is 50.1 Å². The van der Waals surface area contributed by atoms with Gasteiger partial charge < -0.3 is 5.32 Å². The van der Waals surface area contributed by atoms with E-state index in [9.17, 15) is 9.59 Å². The Morgan fingerprint density at radius 1 is 1.29 bits per heavy atom. The van der Waals surface area contributed by atoms with Crippen molar-refractivity contribution in [3.8, 4) is 0 Å². The minimum atomic E-state index is -0.408. The Morgan fingerprint density at radius 2 is 1.90 bits per heavy atom. The Labute approximate surface area is 135 Å². The van der Waals surface area contributed by atoms with Gasteiger partial charge in [0.15, 0.2) is 5.78 Å². The van der Waals surface area contributed by atoms with Gasteiger partial charge in [0, 0.05) is 11.0 Å². The first kappa shape index (κ1) is 17.9. The highest BCUT2D eigenvalue weighted by atomic mass is 79.9. The fraction of sp³-hybridized carbons (Fsp3) is 0.500. The number of nitrogens with zero attached hydrogens (tertiary/aromatic N) is 1. The third-order valence-corrected chi connectivity index (χ3v) is 4.01. The second-order valence-corrected chi connectivity index (χ2v) is 6.52. The van der Waals surface area contributed by atoms with Gasteiger partial charge in [-0.25, -0.2) is 0 Å². The molecule has 1 N–H and O–H groups in total. The molecule has 0 fully saturated rings. The highest BCUT2D eigenvalue weighted by Crippen LogP contribution is 2.17. The number of rotatable bonds is 7. The minimum Gasteiger partial charge on any atom is -0.345 e. The highest BCUT2D eigenvalue weighted by molar-refractivity contribution is 9.10. The summed E-state index contributed by atoms with van der Waals surface area (Å²) >= 11 is 3.50. The minimum absolute atomic E-state index is 0.00759. The van der Waals surface area contributed by atoms with Crippen LogP contribution in [0.1, 0.15) is 26.3 Å². The topological polar surface area (TPSA) is 49.4 Å². The number of halogens is 1. The average Bonchev–Trinajstić information content (AvgIpc) is 2.38. The smallest absolute Gasteiger partial charge is 0.234 e. The van der Waals surface area contributed by atoms with Gasteiger partial charge in [-0.05, 0) is 31.5 Å². The summed E-state index contributed by atoms with van der Waals surface area (Å²) in [7, 11) is 1.89. The number of carbonyl (C=O) groups excluding carboxylic acids is 2. The fourth-order valence-corrected chi connectivity index (χ4v) is 2.59.